The molecule has 0 atom stereocenters. The number of anilines is 2. The van der Waals surface area contributed by atoms with E-state index in [0.717, 1.165) is 9.79 Å². The zero-order valence-corrected chi connectivity index (χ0v) is 17.1. The summed E-state index contributed by atoms with van der Waals surface area (Å²) in [7, 11) is -2.12. The summed E-state index contributed by atoms with van der Waals surface area (Å²) in [4.78, 5) is 14.9. The van der Waals surface area contributed by atoms with Gasteiger partial charge in [0.1, 0.15) is 0 Å². The maximum absolute atomic E-state index is 12.8. The number of rotatable bonds is 6. The number of para-hydroxylation sites is 1. The van der Waals surface area contributed by atoms with Gasteiger partial charge in [-0.1, -0.05) is 42.1 Å². The first kappa shape index (κ1) is 20.0. The Labute approximate surface area is 169 Å². The summed E-state index contributed by atoms with van der Waals surface area (Å²) in [5, 5.41) is 0. The topological polar surface area (TPSA) is 66.5 Å². The molecule has 3 aromatic rings. The third kappa shape index (κ3) is 4.74. The van der Waals surface area contributed by atoms with Crippen LogP contribution in [0, 0.1) is 0 Å². The van der Waals surface area contributed by atoms with Crippen LogP contribution >= 0.6 is 11.8 Å². The molecule has 3 rings (SSSR count). The van der Waals surface area contributed by atoms with Crippen molar-refractivity contribution in [1.82, 2.24) is 0 Å². The van der Waals surface area contributed by atoms with Crippen molar-refractivity contribution in [3.8, 4) is 0 Å². The van der Waals surface area contributed by atoms with Gasteiger partial charge >= 0.3 is 0 Å². The lowest BCUT2D eigenvalue weighted by Gasteiger charge is -2.16. The molecule has 0 unspecified atom stereocenters. The van der Waals surface area contributed by atoms with Crippen LogP contribution in [-0.4, -0.2) is 21.4 Å². The van der Waals surface area contributed by atoms with E-state index in [0.29, 0.717) is 11.4 Å². The van der Waals surface area contributed by atoms with Gasteiger partial charge in [-0.2, -0.15) is 0 Å². The van der Waals surface area contributed by atoms with Crippen LogP contribution in [0.25, 0.3) is 0 Å². The van der Waals surface area contributed by atoms with Gasteiger partial charge in [-0.25, -0.2) is 8.42 Å². The number of amides is 1. The van der Waals surface area contributed by atoms with E-state index < -0.39 is 10.0 Å². The molecule has 0 aromatic heterocycles. The predicted molar refractivity (Wildman–Crippen MR) is 113 cm³/mol. The van der Waals surface area contributed by atoms with Gasteiger partial charge in [0.25, 0.3) is 10.0 Å². The van der Waals surface area contributed by atoms with E-state index in [2.05, 4.69) is 4.72 Å². The van der Waals surface area contributed by atoms with Gasteiger partial charge in [0.2, 0.25) is 5.91 Å². The Balaban J connectivity index is 1.84. The zero-order valence-electron chi connectivity index (χ0n) is 15.5. The SMILES string of the molecule is CC(=O)N(C)c1ccc(S(=O)(=O)Nc2ccccc2Sc2ccccc2)cc1. The van der Waals surface area contributed by atoms with Crippen LogP contribution < -0.4 is 9.62 Å². The van der Waals surface area contributed by atoms with Gasteiger partial charge < -0.3 is 4.90 Å². The molecule has 0 saturated carbocycles. The summed E-state index contributed by atoms with van der Waals surface area (Å²) < 4.78 is 28.3. The highest BCUT2D eigenvalue weighted by Crippen LogP contribution is 2.34. The number of carbonyl (C=O) groups excluding carboxylic acids is 1. The number of carbonyl (C=O) groups is 1. The van der Waals surface area contributed by atoms with Gasteiger partial charge in [-0.05, 0) is 48.5 Å². The van der Waals surface area contributed by atoms with Gasteiger partial charge in [0, 0.05) is 29.4 Å². The normalized spacial score (nSPS) is 11.1. The summed E-state index contributed by atoms with van der Waals surface area (Å²) in [6, 6.07) is 23.2. The monoisotopic (exact) mass is 412 g/mol. The first-order valence-corrected chi connectivity index (χ1v) is 10.9. The summed E-state index contributed by atoms with van der Waals surface area (Å²) in [5.41, 5.74) is 1.15. The molecule has 28 heavy (non-hydrogen) atoms. The lowest BCUT2D eigenvalue weighted by molar-refractivity contribution is -0.116. The third-order valence-electron chi connectivity index (χ3n) is 4.11. The Morgan fingerprint density at radius 1 is 0.893 bits per heavy atom. The smallest absolute Gasteiger partial charge is 0.261 e. The molecular formula is C21H20N2O3S2. The highest BCUT2D eigenvalue weighted by molar-refractivity contribution is 7.99. The quantitative estimate of drug-likeness (QED) is 0.641. The lowest BCUT2D eigenvalue weighted by atomic mass is 10.3. The molecule has 0 aliphatic carbocycles. The van der Waals surface area contributed by atoms with Crippen LogP contribution in [0.2, 0.25) is 0 Å². The van der Waals surface area contributed by atoms with E-state index in [-0.39, 0.29) is 10.8 Å². The maximum atomic E-state index is 12.8. The molecule has 5 nitrogen and oxygen atoms in total. The molecule has 3 aromatic carbocycles. The molecule has 0 aliphatic rings. The Morgan fingerprint density at radius 2 is 1.50 bits per heavy atom. The second-order valence-electron chi connectivity index (χ2n) is 6.09. The molecule has 7 heteroatoms. The van der Waals surface area contributed by atoms with Crippen molar-refractivity contribution in [2.45, 2.75) is 21.6 Å². The number of hydrogen-bond donors (Lipinski definition) is 1. The Hall–Kier alpha value is -2.77. The number of benzene rings is 3. The summed E-state index contributed by atoms with van der Waals surface area (Å²) >= 11 is 1.49. The first-order chi connectivity index (χ1) is 13.4. The largest absolute Gasteiger partial charge is 0.316 e. The standard InChI is InChI=1S/C21H20N2O3S2/c1-16(24)23(2)17-12-14-19(15-13-17)28(25,26)22-20-10-6-7-11-21(20)27-18-8-4-3-5-9-18/h3-15,22H,1-2H3. The van der Waals surface area contributed by atoms with Crippen molar-refractivity contribution in [2.24, 2.45) is 0 Å². The maximum Gasteiger partial charge on any atom is 0.261 e. The van der Waals surface area contributed by atoms with E-state index in [1.54, 1.807) is 31.3 Å². The van der Waals surface area contributed by atoms with Crippen LogP contribution in [0.3, 0.4) is 0 Å². The van der Waals surface area contributed by atoms with E-state index >= 15 is 0 Å². The highest BCUT2D eigenvalue weighted by atomic mass is 32.2. The summed E-state index contributed by atoms with van der Waals surface area (Å²) in [6.07, 6.45) is 0. The molecule has 0 spiro atoms. The average molecular weight is 413 g/mol. The summed E-state index contributed by atoms with van der Waals surface area (Å²) in [6.45, 7) is 1.45. The number of nitrogens with one attached hydrogen (secondary N) is 1. The number of hydrogen-bond acceptors (Lipinski definition) is 4. The Bertz CT molecular complexity index is 1070. The summed E-state index contributed by atoms with van der Waals surface area (Å²) in [5.74, 6) is -0.124. The molecular weight excluding hydrogens is 392 g/mol. The fourth-order valence-electron chi connectivity index (χ4n) is 2.49. The minimum absolute atomic E-state index is 0.124. The van der Waals surface area contributed by atoms with Gasteiger partial charge in [-0.15, -0.1) is 0 Å². The van der Waals surface area contributed by atoms with Crippen molar-refractivity contribution in [3.63, 3.8) is 0 Å². The highest BCUT2D eigenvalue weighted by Gasteiger charge is 2.17. The third-order valence-corrected chi connectivity index (χ3v) is 6.57. The molecule has 0 radical (unpaired) electrons. The van der Waals surface area contributed by atoms with Crippen LogP contribution in [0.1, 0.15) is 6.92 Å². The Morgan fingerprint density at radius 3 is 2.14 bits per heavy atom. The van der Waals surface area contributed by atoms with Crippen molar-refractivity contribution < 1.29 is 13.2 Å². The van der Waals surface area contributed by atoms with Crippen molar-refractivity contribution in [1.29, 1.82) is 0 Å². The second-order valence-corrected chi connectivity index (χ2v) is 8.89. The average Bonchev–Trinajstić information content (AvgIpc) is 2.69. The predicted octanol–water partition coefficient (Wildman–Crippen LogP) is 4.62. The van der Waals surface area contributed by atoms with Crippen LogP contribution in [0.15, 0.2) is 93.5 Å². The molecule has 0 fully saturated rings. The molecule has 144 valence electrons. The van der Waals surface area contributed by atoms with E-state index in [1.165, 1.54) is 35.7 Å². The van der Waals surface area contributed by atoms with Crippen LogP contribution in [-0.2, 0) is 14.8 Å². The van der Waals surface area contributed by atoms with Crippen LogP contribution in [0.5, 0.6) is 0 Å². The first-order valence-electron chi connectivity index (χ1n) is 8.56. The van der Waals surface area contributed by atoms with Gasteiger partial charge in [0.05, 0.1) is 10.6 Å². The van der Waals surface area contributed by atoms with Gasteiger partial charge in [0.15, 0.2) is 0 Å². The number of nitrogens with zero attached hydrogens (tertiary/aromatic N) is 1. The van der Waals surface area contributed by atoms with E-state index in [9.17, 15) is 13.2 Å². The lowest BCUT2D eigenvalue weighted by Crippen LogP contribution is -2.22. The minimum atomic E-state index is -3.76. The minimum Gasteiger partial charge on any atom is -0.316 e. The molecule has 1 amide bonds. The van der Waals surface area contributed by atoms with Crippen molar-refractivity contribution in [2.75, 3.05) is 16.7 Å². The Kier molecular flexibility index (Phi) is 6.06. The fraction of sp³-hybridized carbons (Fsp3) is 0.0952. The second kappa shape index (κ2) is 8.50. The van der Waals surface area contributed by atoms with Crippen molar-refractivity contribution in [3.05, 3.63) is 78.9 Å². The van der Waals surface area contributed by atoms with Crippen molar-refractivity contribution >= 4 is 39.1 Å². The van der Waals surface area contributed by atoms with E-state index in [1.807, 2.05) is 42.5 Å². The fourth-order valence-corrected chi connectivity index (χ4v) is 4.56. The molecule has 0 aliphatic heterocycles. The zero-order chi connectivity index (χ0) is 20.1. The van der Waals surface area contributed by atoms with Gasteiger partial charge in [-0.3, -0.25) is 9.52 Å². The van der Waals surface area contributed by atoms with E-state index in [4.69, 9.17) is 0 Å². The van der Waals surface area contributed by atoms with Crippen LogP contribution in [0.4, 0.5) is 11.4 Å². The molecule has 0 saturated heterocycles. The molecule has 0 bridgehead atoms. The number of sulfonamides is 1. The molecule has 0 heterocycles. The molecule has 1 N–H and O–H groups in total.